The average molecular weight is 308 g/mol. The molecule has 2 amide bonds. The molecular formula is C17H25FN2O2. The SMILES string of the molecule is CC(C)(CNC(=O)NC[C@@H]1CCCOC1)c1cccc(F)c1. The predicted molar refractivity (Wildman–Crippen MR) is 84.4 cm³/mol. The van der Waals surface area contributed by atoms with Gasteiger partial charge in [0.25, 0.3) is 0 Å². The third-order valence-corrected chi connectivity index (χ3v) is 4.10. The molecule has 1 heterocycles. The summed E-state index contributed by atoms with van der Waals surface area (Å²) in [4.78, 5) is 11.9. The molecule has 1 fully saturated rings. The number of amides is 2. The Morgan fingerprint density at radius 1 is 1.41 bits per heavy atom. The van der Waals surface area contributed by atoms with Crippen LogP contribution in [0.5, 0.6) is 0 Å². The highest BCUT2D eigenvalue weighted by Gasteiger charge is 2.22. The fourth-order valence-electron chi connectivity index (χ4n) is 2.58. The number of carbonyl (C=O) groups is 1. The van der Waals surface area contributed by atoms with Gasteiger partial charge in [0.15, 0.2) is 0 Å². The van der Waals surface area contributed by atoms with Crippen molar-refractivity contribution in [2.45, 2.75) is 32.1 Å². The van der Waals surface area contributed by atoms with Gasteiger partial charge in [-0.25, -0.2) is 9.18 Å². The van der Waals surface area contributed by atoms with Gasteiger partial charge in [-0.15, -0.1) is 0 Å². The summed E-state index contributed by atoms with van der Waals surface area (Å²) in [5.74, 6) is 0.142. The molecule has 0 spiro atoms. The van der Waals surface area contributed by atoms with Crippen LogP contribution in [-0.4, -0.2) is 32.3 Å². The summed E-state index contributed by atoms with van der Waals surface area (Å²) in [7, 11) is 0. The van der Waals surface area contributed by atoms with Crippen LogP contribution in [0, 0.1) is 11.7 Å². The van der Waals surface area contributed by atoms with Crippen molar-refractivity contribution >= 4 is 6.03 Å². The van der Waals surface area contributed by atoms with Gasteiger partial charge in [0.2, 0.25) is 0 Å². The summed E-state index contributed by atoms with van der Waals surface area (Å²) in [6.07, 6.45) is 2.15. The van der Waals surface area contributed by atoms with Gasteiger partial charge < -0.3 is 15.4 Å². The van der Waals surface area contributed by atoms with Gasteiger partial charge in [-0.1, -0.05) is 26.0 Å². The largest absolute Gasteiger partial charge is 0.381 e. The van der Waals surface area contributed by atoms with Gasteiger partial charge in [-0.05, 0) is 36.5 Å². The van der Waals surface area contributed by atoms with Gasteiger partial charge in [0.1, 0.15) is 5.82 Å². The highest BCUT2D eigenvalue weighted by Crippen LogP contribution is 2.22. The maximum atomic E-state index is 13.3. The van der Waals surface area contributed by atoms with E-state index in [1.165, 1.54) is 12.1 Å². The molecule has 0 unspecified atom stereocenters. The van der Waals surface area contributed by atoms with Gasteiger partial charge >= 0.3 is 6.03 Å². The number of carbonyl (C=O) groups excluding carboxylic acids is 1. The molecule has 0 aliphatic carbocycles. The molecule has 4 nitrogen and oxygen atoms in total. The Bertz CT molecular complexity index is 499. The van der Waals surface area contributed by atoms with Crippen molar-refractivity contribution in [3.8, 4) is 0 Å². The van der Waals surface area contributed by atoms with E-state index in [1.54, 1.807) is 6.07 Å². The molecule has 5 heteroatoms. The van der Waals surface area contributed by atoms with Crippen molar-refractivity contribution in [2.24, 2.45) is 5.92 Å². The van der Waals surface area contributed by atoms with Crippen LogP contribution in [0.4, 0.5) is 9.18 Å². The predicted octanol–water partition coefficient (Wildman–Crippen LogP) is 2.83. The number of hydrogen-bond acceptors (Lipinski definition) is 2. The lowest BCUT2D eigenvalue weighted by molar-refractivity contribution is 0.0557. The fraction of sp³-hybridized carbons (Fsp3) is 0.588. The summed E-state index contributed by atoms with van der Waals surface area (Å²) in [5.41, 5.74) is 0.543. The Kier molecular flexibility index (Phi) is 5.77. The van der Waals surface area contributed by atoms with E-state index >= 15 is 0 Å². The minimum Gasteiger partial charge on any atom is -0.381 e. The number of nitrogens with one attached hydrogen (secondary N) is 2. The van der Waals surface area contributed by atoms with Gasteiger partial charge in [-0.3, -0.25) is 0 Å². The molecule has 1 aliphatic heterocycles. The molecule has 1 aliphatic rings. The van der Waals surface area contributed by atoms with E-state index in [4.69, 9.17) is 4.74 Å². The minimum atomic E-state index is -0.326. The van der Waals surface area contributed by atoms with E-state index in [0.717, 1.165) is 31.6 Å². The Morgan fingerprint density at radius 3 is 2.91 bits per heavy atom. The van der Waals surface area contributed by atoms with Crippen molar-refractivity contribution in [1.82, 2.24) is 10.6 Å². The topological polar surface area (TPSA) is 50.4 Å². The third-order valence-electron chi connectivity index (χ3n) is 4.10. The number of halogens is 1. The lowest BCUT2D eigenvalue weighted by Crippen LogP contribution is -2.44. The maximum Gasteiger partial charge on any atom is 0.314 e. The normalized spacial score (nSPS) is 18.8. The summed E-state index contributed by atoms with van der Waals surface area (Å²) in [5, 5.41) is 5.75. The maximum absolute atomic E-state index is 13.3. The smallest absolute Gasteiger partial charge is 0.314 e. The van der Waals surface area contributed by atoms with Crippen molar-refractivity contribution in [1.29, 1.82) is 0 Å². The van der Waals surface area contributed by atoms with Crippen molar-refractivity contribution < 1.29 is 13.9 Å². The Morgan fingerprint density at radius 2 is 2.23 bits per heavy atom. The van der Waals surface area contributed by atoms with Gasteiger partial charge in [0.05, 0.1) is 6.61 Å². The third kappa shape index (κ3) is 4.98. The molecule has 2 rings (SSSR count). The van der Waals surface area contributed by atoms with Crippen LogP contribution in [0.3, 0.4) is 0 Å². The molecule has 0 saturated carbocycles. The minimum absolute atomic E-state index is 0.185. The molecule has 22 heavy (non-hydrogen) atoms. The lowest BCUT2D eigenvalue weighted by Gasteiger charge is -2.26. The molecule has 0 aromatic heterocycles. The second-order valence-electron chi connectivity index (χ2n) is 6.54. The molecule has 1 atom stereocenters. The first kappa shape index (κ1) is 16.7. The van der Waals surface area contributed by atoms with Crippen LogP contribution < -0.4 is 10.6 Å². The highest BCUT2D eigenvalue weighted by molar-refractivity contribution is 5.73. The van der Waals surface area contributed by atoms with E-state index in [9.17, 15) is 9.18 Å². The molecule has 1 aromatic rings. The molecule has 2 N–H and O–H groups in total. The van der Waals surface area contributed by atoms with E-state index in [-0.39, 0.29) is 17.3 Å². The zero-order valence-corrected chi connectivity index (χ0v) is 13.3. The van der Waals surface area contributed by atoms with E-state index < -0.39 is 0 Å². The number of rotatable bonds is 5. The second-order valence-corrected chi connectivity index (χ2v) is 6.54. The molecule has 1 saturated heterocycles. The zero-order chi connectivity index (χ0) is 16.0. The van der Waals surface area contributed by atoms with Crippen LogP contribution >= 0.6 is 0 Å². The number of benzene rings is 1. The van der Waals surface area contributed by atoms with Crippen LogP contribution in [0.1, 0.15) is 32.3 Å². The molecular weight excluding hydrogens is 283 g/mol. The van der Waals surface area contributed by atoms with E-state index in [1.807, 2.05) is 19.9 Å². The second kappa shape index (κ2) is 7.58. The van der Waals surface area contributed by atoms with Gasteiger partial charge in [-0.2, -0.15) is 0 Å². The molecule has 122 valence electrons. The molecule has 0 radical (unpaired) electrons. The van der Waals surface area contributed by atoms with E-state index in [0.29, 0.717) is 19.0 Å². The summed E-state index contributed by atoms with van der Waals surface area (Å²) < 4.78 is 18.7. The Hall–Kier alpha value is -1.62. The molecule has 1 aromatic carbocycles. The quantitative estimate of drug-likeness (QED) is 0.879. The Labute approximate surface area is 131 Å². The van der Waals surface area contributed by atoms with Crippen molar-refractivity contribution in [3.05, 3.63) is 35.6 Å². The van der Waals surface area contributed by atoms with Gasteiger partial charge in [0, 0.05) is 25.1 Å². The summed E-state index contributed by atoms with van der Waals surface area (Å²) in [6.45, 7) is 6.59. The first-order valence-corrected chi connectivity index (χ1v) is 7.83. The standard InChI is InChI=1S/C17H25FN2O2/c1-17(2,14-6-3-7-15(18)9-14)12-20-16(21)19-10-13-5-4-8-22-11-13/h3,6-7,9,13H,4-5,8,10-12H2,1-2H3,(H2,19,20,21)/t13-/m0/s1. The number of hydrogen-bond donors (Lipinski definition) is 2. The summed E-state index contributed by atoms with van der Waals surface area (Å²) >= 11 is 0. The average Bonchev–Trinajstić information content (AvgIpc) is 2.52. The monoisotopic (exact) mass is 308 g/mol. The fourth-order valence-corrected chi connectivity index (χ4v) is 2.58. The molecule has 0 bridgehead atoms. The van der Waals surface area contributed by atoms with Crippen molar-refractivity contribution in [3.63, 3.8) is 0 Å². The van der Waals surface area contributed by atoms with Crippen LogP contribution in [-0.2, 0) is 10.2 Å². The lowest BCUT2D eigenvalue weighted by atomic mass is 9.84. The Balaban J connectivity index is 1.77. The van der Waals surface area contributed by atoms with Crippen LogP contribution in [0.15, 0.2) is 24.3 Å². The van der Waals surface area contributed by atoms with Crippen molar-refractivity contribution in [2.75, 3.05) is 26.3 Å². The van der Waals surface area contributed by atoms with Crippen LogP contribution in [0.25, 0.3) is 0 Å². The highest BCUT2D eigenvalue weighted by atomic mass is 19.1. The first-order chi connectivity index (χ1) is 10.5. The zero-order valence-electron chi connectivity index (χ0n) is 13.3. The van der Waals surface area contributed by atoms with Crippen LogP contribution in [0.2, 0.25) is 0 Å². The first-order valence-electron chi connectivity index (χ1n) is 7.83. The number of urea groups is 1. The van der Waals surface area contributed by atoms with E-state index in [2.05, 4.69) is 10.6 Å². The summed E-state index contributed by atoms with van der Waals surface area (Å²) in [6, 6.07) is 6.32. The number of ether oxygens (including phenoxy) is 1.